The molecule has 0 bridgehead atoms. The van der Waals surface area contributed by atoms with E-state index in [2.05, 4.69) is 24.8 Å². The Morgan fingerprint density at radius 3 is 2.34 bits per heavy atom. The summed E-state index contributed by atoms with van der Waals surface area (Å²) in [6.45, 7) is 2.30. The molecule has 29 heavy (non-hydrogen) atoms. The van der Waals surface area contributed by atoms with Crippen molar-refractivity contribution < 1.29 is 4.39 Å². The molecule has 0 aliphatic heterocycles. The Bertz CT molecular complexity index is 775. The number of unbranched alkanes of at least 4 members (excludes halogenated alkanes) is 1. The van der Waals surface area contributed by atoms with Gasteiger partial charge in [-0.2, -0.15) is 5.26 Å². The van der Waals surface area contributed by atoms with Crippen molar-refractivity contribution in [3.8, 4) is 17.9 Å². The van der Waals surface area contributed by atoms with Gasteiger partial charge in [-0.1, -0.05) is 56.9 Å². The average molecular weight is 392 g/mol. The molecule has 0 heterocycles. The van der Waals surface area contributed by atoms with E-state index >= 15 is 0 Å². The van der Waals surface area contributed by atoms with Gasteiger partial charge in [0.25, 0.3) is 0 Å². The summed E-state index contributed by atoms with van der Waals surface area (Å²) < 4.78 is 13.6. The molecule has 0 spiro atoms. The van der Waals surface area contributed by atoms with Gasteiger partial charge < -0.3 is 0 Å². The smallest absolute Gasteiger partial charge is 0.142 e. The average Bonchev–Trinajstić information content (AvgIpc) is 2.76. The summed E-state index contributed by atoms with van der Waals surface area (Å²) in [6, 6.07) is 6.35. The van der Waals surface area contributed by atoms with Crippen LogP contribution in [0, 0.1) is 52.7 Å². The van der Waals surface area contributed by atoms with Crippen LogP contribution in [0.3, 0.4) is 0 Å². The van der Waals surface area contributed by atoms with Crippen LogP contribution in [0.15, 0.2) is 30.4 Å². The van der Waals surface area contributed by atoms with Crippen LogP contribution in [0.2, 0.25) is 0 Å². The van der Waals surface area contributed by atoms with Crippen LogP contribution in [0.4, 0.5) is 4.39 Å². The Hall–Kier alpha value is -2.06. The Morgan fingerprint density at radius 1 is 1.03 bits per heavy atom. The minimum Gasteiger partial charge on any atom is -0.206 e. The van der Waals surface area contributed by atoms with Crippen molar-refractivity contribution >= 4 is 0 Å². The predicted molar refractivity (Wildman–Crippen MR) is 118 cm³/mol. The summed E-state index contributed by atoms with van der Waals surface area (Å²) in [7, 11) is 0. The summed E-state index contributed by atoms with van der Waals surface area (Å²) in [5.41, 5.74) is 0.682. The van der Waals surface area contributed by atoms with E-state index in [4.69, 9.17) is 5.26 Å². The van der Waals surface area contributed by atoms with E-state index < -0.39 is 5.82 Å². The normalized spacial score (nSPS) is 27.2. The molecule has 0 aromatic heterocycles. The molecule has 0 N–H and O–H groups in total. The molecule has 0 amide bonds. The number of halogens is 1. The van der Waals surface area contributed by atoms with Crippen LogP contribution in [0.5, 0.6) is 0 Å². The summed E-state index contributed by atoms with van der Waals surface area (Å²) in [6.07, 6.45) is 19.5. The van der Waals surface area contributed by atoms with E-state index in [1.165, 1.54) is 82.8 Å². The van der Waals surface area contributed by atoms with Crippen LogP contribution in [-0.4, -0.2) is 0 Å². The highest BCUT2D eigenvalue weighted by molar-refractivity contribution is 5.42. The summed E-state index contributed by atoms with van der Waals surface area (Å²) >= 11 is 0. The maximum absolute atomic E-state index is 13.6. The second kappa shape index (κ2) is 11.2. The van der Waals surface area contributed by atoms with Crippen molar-refractivity contribution in [3.05, 3.63) is 47.3 Å². The van der Waals surface area contributed by atoms with Gasteiger partial charge in [0.2, 0.25) is 0 Å². The van der Waals surface area contributed by atoms with Crippen LogP contribution >= 0.6 is 0 Å². The molecule has 3 rings (SSSR count). The Labute approximate surface area is 176 Å². The lowest BCUT2D eigenvalue weighted by Gasteiger charge is -2.37. The van der Waals surface area contributed by atoms with E-state index in [1.807, 2.05) is 12.1 Å². The number of allylic oxidation sites excluding steroid dienone is 2. The van der Waals surface area contributed by atoms with Crippen molar-refractivity contribution in [3.63, 3.8) is 0 Å². The molecule has 0 unspecified atom stereocenters. The fraction of sp³-hybridized carbons (Fsp3) is 0.593. The van der Waals surface area contributed by atoms with Gasteiger partial charge in [-0.25, -0.2) is 4.39 Å². The van der Waals surface area contributed by atoms with Gasteiger partial charge >= 0.3 is 0 Å². The Kier molecular flexibility index (Phi) is 8.37. The first kappa shape index (κ1) is 21.6. The monoisotopic (exact) mass is 391 g/mol. The first-order chi connectivity index (χ1) is 14.2. The lowest BCUT2D eigenvalue weighted by atomic mass is 9.68. The summed E-state index contributed by atoms with van der Waals surface area (Å²) in [5.74, 6) is 9.07. The highest BCUT2D eigenvalue weighted by atomic mass is 19.1. The van der Waals surface area contributed by atoms with Crippen LogP contribution < -0.4 is 0 Å². The van der Waals surface area contributed by atoms with Gasteiger partial charge in [-0.05, 0) is 86.5 Å². The first-order valence-electron chi connectivity index (χ1n) is 11.6. The second-order valence-electron chi connectivity index (χ2n) is 9.03. The van der Waals surface area contributed by atoms with E-state index in [1.54, 1.807) is 6.07 Å². The quantitative estimate of drug-likeness (QED) is 0.479. The molecule has 1 nitrogen and oxygen atoms in total. The molecule has 0 atom stereocenters. The molecular weight excluding hydrogens is 357 g/mol. The molecule has 2 heteroatoms. The highest BCUT2D eigenvalue weighted by Gasteiger charge is 2.30. The number of benzene rings is 1. The molecule has 1 aromatic rings. The molecular formula is C27H34FN. The second-order valence-corrected chi connectivity index (χ2v) is 9.03. The van der Waals surface area contributed by atoms with Crippen molar-refractivity contribution in [2.75, 3.05) is 0 Å². The predicted octanol–water partition coefficient (Wildman–Crippen LogP) is 7.41. The molecule has 2 saturated carbocycles. The molecule has 1 aromatic carbocycles. The summed E-state index contributed by atoms with van der Waals surface area (Å²) in [4.78, 5) is 0. The zero-order chi connectivity index (χ0) is 20.5. The third-order valence-electron chi connectivity index (χ3n) is 7.10. The molecule has 2 aliphatic rings. The van der Waals surface area contributed by atoms with E-state index in [-0.39, 0.29) is 5.56 Å². The zero-order valence-corrected chi connectivity index (χ0v) is 17.8. The van der Waals surface area contributed by atoms with E-state index in [0.717, 1.165) is 17.8 Å². The fourth-order valence-electron chi connectivity index (χ4n) is 5.24. The van der Waals surface area contributed by atoms with Gasteiger partial charge in [-0.3, -0.25) is 0 Å². The molecule has 0 radical (unpaired) electrons. The first-order valence-corrected chi connectivity index (χ1v) is 11.6. The van der Waals surface area contributed by atoms with Gasteiger partial charge in [-0.15, -0.1) is 0 Å². The molecule has 2 fully saturated rings. The lowest BCUT2D eigenvalue weighted by Crippen LogP contribution is -2.25. The Morgan fingerprint density at radius 2 is 1.72 bits per heavy atom. The topological polar surface area (TPSA) is 23.8 Å². The third kappa shape index (κ3) is 6.47. The van der Waals surface area contributed by atoms with Gasteiger partial charge in [0, 0.05) is 5.56 Å². The van der Waals surface area contributed by atoms with Crippen LogP contribution in [-0.2, 0) is 0 Å². The third-order valence-corrected chi connectivity index (χ3v) is 7.10. The standard InChI is InChI=1S/C27H34FN/c1-2-3-6-21-9-14-24(15-10-21)25-16-11-22(12-17-25)7-4-5-8-23-13-18-26(20-29)27(28)19-23/h4,7,13,18-19,21-22,24-25H,2-3,6,9-12,14-17H2,1H3/t21-,22-,24-,25-. The van der Waals surface area contributed by atoms with Gasteiger partial charge in [0.1, 0.15) is 11.9 Å². The van der Waals surface area contributed by atoms with Crippen molar-refractivity contribution in [2.45, 2.75) is 77.6 Å². The summed E-state index contributed by atoms with van der Waals surface area (Å²) in [5, 5.41) is 8.77. The number of rotatable bonds is 5. The SMILES string of the molecule is CCCC[C@H]1CC[C@H]([C@H]2CC[C@H](C=CC#Cc3ccc(C#N)c(F)c3)CC2)CC1. The van der Waals surface area contributed by atoms with E-state index in [0.29, 0.717) is 11.5 Å². The van der Waals surface area contributed by atoms with Gasteiger partial charge in [0.15, 0.2) is 0 Å². The van der Waals surface area contributed by atoms with Crippen molar-refractivity contribution in [2.24, 2.45) is 23.7 Å². The zero-order valence-electron chi connectivity index (χ0n) is 17.8. The van der Waals surface area contributed by atoms with Gasteiger partial charge in [0.05, 0.1) is 5.56 Å². The number of nitriles is 1. The number of nitrogens with zero attached hydrogens (tertiary/aromatic N) is 1. The van der Waals surface area contributed by atoms with Crippen LogP contribution in [0.1, 0.15) is 88.7 Å². The lowest BCUT2D eigenvalue weighted by molar-refractivity contribution is 0.152. The maximum atomic E-state index is 13.6. The van der Waals surface area contributed by atoms with Crippen molar-refractivity contribution in [1.82, 2.24) is 0 Å². The highest BCUT2D eigenvalue weighted by Crippen LogP contribution is 2.42. The minimum atomic E-state index is -0.499. The number of hydrogen-bond acceptors (Lipinski definition) is 1. The molecule has 2 aliphatic carbocycles. The number of hydrogen-bond donors (Lipinski definition) is 0. The molecule has 0 saturated heterocycles. The molecule has 154 valence electrons. The van der Waals surface area contributed by atoms with E-state index in [9.17, 15) is 4.39 Å². The largest absolute Gasteiger partial charge is 0.206 e. The maximum Gasteiger partial charge on any atom is 0.142 e. The Balaban J connectivity index is 1.40. The van der Waals surface area contributed by atoms with Crippen molar-refractivity contribution in [1.29, 1.82) is 5.26 Å². The fourth-order valence-corrected chi connectivity index (χ4v) is 5.24. The minimum absolute atomic E-state index is 0.0669. The van der Waals surface area contributed by atoms with Crippen LogP contribution in [0.25, 0.3) is 0 Å².